The van der Waals surface area contributed by atoms with Crippen molar-refractivity contribution in [3.8, 4) is 0 Å². The number of benzene rings is 1. The van der Waals surface area contributed by atoms with Crippen LogP contribution in [0.2, 0.25) is 0 Å². The first-order valence-electron chi connectivity index (χ1n) is 8.86. The largest absolute Gasteiger partial charge is 0.465 e. The molecule has 150 valence electrons. The van der Waals surface area contributed by atoms with Crippen molar-refractivity contribution >= 4 is 22.0 Å². The topological polar surface area (TPSA) is 125 Å². The van der Waals surface area contributed by atoms with E-state index in [4.69, 9.17) is 5.73 Å². The Hall–Kier alpha value is -1.97. The fraction of sp³-hybridized carbons (Fsp3) is 0.556. The van der Waals surface area contributed by atoms with Crippen LogP contribution in [0, 0.1) is 5.92 Å². The Morgan fingerprint density at radius 2 is 1.59 bits per heavy atom. The molecule has 1 saturated carbocycles. The Labute approximate surface area is 159 Å². The minimum atomic E-state index is -3.99. The van der Waals surface area contributed by atoms with Crippen LogP contribution in [0.3, 0.4) is 0 Å². The Kier molecular flexibility index (Phi) is 7.34. The molecular weight excluding hydrogens is 372 g/mol. The summed E-state index contributed by atoms with van der Waals surface area (Å²) in [4.78, 5) is 23.5. The molecule has 8 nitrogen and oxygen atoms in total. The summed E-state index contributed by atoms with van der Waals surface area (Å²) in [6.07, 6.45) is 5.07. The number of hydrogen-bond acceptors (Lipinski definition) is 7. The number of ether oxygens (including phenoxy) is 2. The van der Waals surface area contributed by atoms with Crippen LogP contribution in [0.15, 0.2) is 23.1 Å². The highest BCUT2D eigenvalue weighted by Crippen LogP contribution is 2.27. The molecule has 0 bridgehead atoms. The minimum Gasteiger partial charge on any atom is -0.465 e. The smallest absolute Gasteiger partial charge is 0.337 e. The van der Waals surface area contributed by atoms with Gasteiger partial charge in [-0.3, -0.25) is 0 Å². The number of esters is 2. The van der Waals surface area contributed by atoms with Crippen LogP contribution >= 0.6 is 0 Å². The van der Waals surface area contributed by atoms with Crippen LogP contribution in [0.1, 0.15) is 52.8 Å². The van der Waals surface area contributed by atoms with Gasteiger partial charge in [0.2, 0.25) is 10.0 Å². The number of hydrogen-bond donors (Lipinski definition) is 2. The average molecular weight is 398 g/mol. The van der Waals surface area contributed by atoms with Crippen molar-refractivity contribution in [1.82, 2.24) is 4.72 Å². The lowest BCUT2D eigenvalue weighted by Crippen LogP contribution is -2.45. The van der Waals surface area contributed by atoms with E-state index < -0.39 is 28.0 Å². The van der Waals surface area contributed by atoms with Crippen molar-refractivity contribution in [2.45, 2.75) is 43.0 Å². The zero-order valence-corrected chi connectivity index (χ0v) is 16.4. The number of carbonyl (C=O) groups is 2. The molecule has 0 aliphatic heterocycles. The van der Waals surface area contributed by atoms with Gasteiger partial charge in [0.15, 0.2) is 0 Å². The van der Waals surface area contributed by atoms with Gasteiger partial charge in [-0.15, -0.1) is 0 Å². The van der Waals surface area contributed by atoms with E-state index in [1.54, 1.807) is 0 Å². The molecule has 1 aliphatic rings. The highest BCUT2D eigenvalue weighted by molar-refractivity contribution is 7.89. The van der Waals surface area contributed by atoms with Gasteiger partial charge in [-0.2, -0.15) is 0 Å². The van der Waals surface area contributed by atoms with Crippen molar-refractivity contribution in [2.24, 2.45) is 11.7 Å². The summed E-state index contributed by atoms with van der Waals surface area (Å²) < 4.78 is 37.7. The standard InChI is InChI=1S/C18H26N2O6S/c1-25-17(21)13-8-14(18(22)26-2)10-15(9-13)27(23,24)20-16(11-19)12-6-4-3-5-7-12/h8-10,12,16,20H,3-7,11,19H2,1-2H3. The molecule has 1 unspecified atom stereocenters. The minimum absolute atomic E-state index is 0.0530. The first kappa shape index (κ1) is 21.3. The van der Waals surface area contributed by atoms with Crippen molar-refractivity contribution in [1.29, 1.82) is 0 Å². The molecule has 1 aromatic carbocycles. The third-order valence-electron chi connectivity index (χ3n) is 4.84. The molecule has 1 fully saturated rings. The zero-order valence-electron chi connectivity index (χ0n) is 15.6. The summed E-state index contributed by atoms with van der Waals surface area (Å²) in [5.41, 5.74) is 5.71. The van der Waals surface area contributed by atoms with E-state index in [1.165, 1.54) is 32.4 Å². The van der Waals surface area contributed by atoms with Crippen molar-refractivity contribution in [2.75, 3.05) is 20.8 Å². The van der Waals surface area contributed by atoms with Gasteiger partial charge in [0.25, 0.3) is 0 Å². The summed E-state index contributed by atoms with van der Waals surface area (Å²) in [5, 5.41) is 0. The van der Waals surface area contributed by atoms with Crippen molar-refractivity contribution in [3.63, 3.8) is 0 Å². The van der Waals surface area contributed by atoms with Crippen LogP contribution in [-0.4, -0.2) is 47.2 Å². The van der Waals surface area contributed by atoms with Gasteiger partial charge in [-0.05, 0) is 37.0 Å². The highest BCUT2D eigenvalue weighted by atomic mass is 32.2. The molecule has 1 aliphatic carbocycles. The Morgan fingerprint density at radius 3 is 2.04 bits per heavy atom. The molecular formula is C18H26N2O6S. The summed E-state index contributed by atoms with van der Waals surface area (Å²) >= 11 is 0. The first-order chi connectivity index (χ1) is 12.8. The summed E-state index contributed by atoms with van der Waals surface area (Å²) in [6, 6.07) is 3.18. The fourth-order valence-electron chi connectivity index (χ4n) is 3.37. The van der Waals surface area contributed by atoms with Gasteiger partial charge >= 0.3 is 11.9 Å². The second kappa shape index (κ2) is 9.29. The van der Waals surface area contributed by atoms with Gasteiger partial charge in [0.05, 0.1) is 30.2 Å². The molecule has 0 aromatic heterocycles. The molecule has 0 heterocycles. The maximum atomic E-state index is 12.9. The lowest BCUT2D eigenvalue weighted by molar-refractivity contribution is 0.0598. The van der Waals surface area contributed by atoms with Gasteiger partial charge in [0, 0.05) is 12.6 Å². The van der Waals surface area contributed by atoms with E-state index in [2.05, 4.69) is 14.2 Å². The summed E-state index contributed by atoms with van der Waals surface area (Å²) in [7, 11) is -1.65. The molecule has 3 N–H and O–H groups in total. The summed E-state index contributed by atoms with van der Waals surface area (Å²) in [6.45, 7) is 0.171. The molecule has 2 rings (SSSR count). The number of nitrogens with one attached hydrogen (secondary N) is 1. The maximum Gasteiger partial charge on any atom is 0.337 e. The number of nitrogens with two attached hydrogens (primary N) is 1. The van der Waals surface area contributed by atoms with Gasteiger partial charge in [-0.25, -0.2) is 22.7 Å². The SMILES string of the molecule is COC(=O)c1cc(C(=O)OC)cc(S(=O)(=O)NC(CN)C2CCCCC2)c1. The third kappa shape index (κ3) is 5.27. The normalized spacial score (nSPS) is 16.6. The lowest BCUT2D eigenvalue weighted by Gasteiger charge is -2.29. The van der Waals surface area contributed by atoms with E-state index in [0.29, 0.717) is 0 Å². The monoisotopic (exact) mass is 398 g/mol. The quantitative estimate of drug-likeness (QED) is 0.666. The number of rotatable bonds is 7. The third-order valence-corrected chi connectivity index (χ3v) is 6.31. The van der Waals surface area contributed by atoms with Gasteiger partial charge in [0.1, 0.15) is 0 Å². The average Bonchev–Trinajstić information content (AvgIpc) is 2.71. The second-order valence-corrected chi connectivity index (χ2v) is 8.30. The van der Waals surface area contributed by atoms with E-state index in [1.807, 2.05) is 0 Å². The highest BCUT2D eigenvalue weighted by Gasteiger charge is 2.28. The van der Waals surface area contributed by atoms with Crippen LogP contribution in [0.4, 0.5) is 0 Å². The van der Waals surface area contributed by atoms with Crippen LogP contribution in [-0.2, 0) is 19.5 Å². The fourth-order valence-corrected chi connectivity index (χ4v) is 4.75. The van der Waals surface area contributed by atoms with E-state index >= 15 is 0 Å². The molecule has 9 heteroatoms. The molecule has 27 heavy (non-hydrogen) atoms. The van der Waals surface area contributed by atoms with Crippen molar-refractivity contribution in [3.05, 3.63) is 29.3 Å². The molecule has 0 spiro atoms. The zero-order chi connectivity index (χ0) is 20.0. The molecule has 1 aromatic rings. The Morgan fingerprint density at radius 1 is 1.07 bits per heavy atom. The Bertz CT molecular complexity index is 753. The number of sulfonamides is 1. The predicted molar refractivity (Wildman–Crippen MR) is 98.9 cm³/mol. The lowest BCUT2D eigenvalue weighted by atomic mass is 9.84. The van der Waals surface area contributed by atoms with E-state index in [-0.39, 0.29) is 28.5 Å². The Balaban J connectivity index is 2.37. The van der Waals surface area contributed by atoms with Crippen LogP contribution in [0.5, 0.6) is 0 Å². The molecule has 0 radical (unpaired) electrons. The van der Waals surface area contributed by atoms with Crippen molar-refractivity contribution < 1.29 is 27.5 Å². The van der Waals surface area contributed by atoms with Gasteiger partial charge in [-0.1, -0.05) is 19.3 Å². The van der Waals surface area contributed by atoms with E-state index in [0.717, 1.165) is 32.1 Å². The number of methoxy groups -OCH3 is 2. The summed E-state index contributed by atoms with van der Waals surface area (Å²) in [5.74, 6) is -1.33. The van der Waals surface area contributed by atoms with Gasteiger partial charge < -0.3 is 15.2 Å². The predicted octanol–water partition coefficient (Wildman–Crippen LogP) is 1.45. The van der Waals surface area contributed by atoms with Crippen LogP contribution < -0.4 is 10.5 Å². The van der Waals surface area contributed by atoms with E-state index in [9.17, 15) is 18.0 Å². The maximum absolute atomic E-state index is 12.9. The second-order valence-electron chi connectivity index (χ2n) is 6.59. The molecule has 1 atom stereocenters. The molecule has 0 saturated heterocycles. The van der Waals surface area contributed by atoms with Crippen LogP contribution in [0.25, 0.3) is 0 Å². The molecule has 0 amide bonds. The first-order valence-corrected chi connectivity index (χ1v) is 10.3. The number of carbonyl (C=O) groups excluding carboxylic acids is 2.